The SMILES string of the molecule is O=C(O)c1ccccc1SSc1ccccc1C(=O)O.[Zn]. The van der Waals surface area contributed by atoms with Crippen LogP contribution in [-0.2, 0) is 19.5 Å². The van der Waals surface area contributed by atoms with Gasteiger partial charge in [0, 0.05) is 29.3 Å². The van der Waals surface area contributed by atoms with Crippen molar-refractivity contribution >= 4 is 33.5 Å². The second-order valence-corrected chi connectivity index (χ2v) is 5.98. The molecule has 2 rings (SSSR count). The van der Waals surface area contributed by atoms with Crippen molar-refractivity contribution in [2.24, 2.45) is 0 Å². The van der Waals surface area contributed by atoms with E-state index >= 15 is 0 Å². The van der Waals surface area contributed by atoms with Gasteiger partial charge in [0.25, 0.3) is 0 Å². The van der Waals surface area contributed by atoms with Gasteiger partial charge >= 0.3 is 11.9 Å². The smallest absolute Gasteiger partial charge is 0.336 e. The van der Waals surface area contributed by atoms with Gasteiger partial charge in [-0.15, -0.1) is 0 Å². The molecule has 0 saturated carbocycles. The van der Waals surface area contributed by atoms with Crippen molar-refractivity contribution in [2.45, 2.75) is 9.79 Å². The maximum absolute atomic E-state index is 11.1. The molecule has 0 heterocycles. The first-order chi connectivity index (χ1) is 9.59. The Morgan fingerprint density at radius 1 is 0.714 bits per heavy atom. The van der Waals surface area contributed by atoms with Gasteiger partial charge in [-0.2, -0.15) is 0 Å². The van der Waals surface area contributed by atoms with Crippen LogP contribution in [0.5, 0.6) is 0 Å². The summed E-state index contributed by atoms with van der Waals surface area (Å²) in [6.07, 6.45) is 0. The number of hydrogen-bond acceptors (Lipinski definition) is 4. The first-order valence-corrected chi connectivity index (χ1v) is 7.73. The summed E-state index contributed by atoms with van der Waals surface area (Å²) in [6.45, 7) is 0. The van der Waals surface area contributed by atoms with Gasteiger partial charge in [0.15, 0.2) is 0 Å². The summed E-state index contributed by atoms with van der Waals surface area (Å²) in [5.74, 6) is -2.00. The average molecular weight is 372 g/mol. The number of carboxylic acids is 2. The molecule has 0 radical (unpaired) electrons. The molecule has 0 saturated heterocycles. The Bertz CT molecular complexity index is 603. The molecule has 21 heavy (non-hydrogen) atoms. The summed E-state index contributed by atoms with van der Waals surface area (Å²) >= 11 is 0. The van der Waals surface area contributed by atoms with Crippen LogP contribution in [0.2, 0.25) is 0 Å². The molecule has 0 atom stereocenters. The Morgan fingerprint density at radius 2 is 1.05 bits per heavy atom. The van der Waals surface area contributed by atoms with E-state index in [2.05, 4.69) is 0 Å². The van der Waals surface area contributed by atoms with Crippen LogP contribution in [0, 0.1) is 0 Å². The normalized spacial score (nSPS) is 9.71. The van der Waals surface area contributed by atoms with Crippen LogP contribution >= 0.6 is 21.6 Å². The number of benzene rings is 2. The van der Waals surface area contributed by atoms with E-state index in [9.17, 15) is 9.59 Å². The van der Waals surface area contributed by atoms with Crippen LogP contribution in [0.1, 0.15) is 20.7 Å². The molecule has 0 spiro atoms. The van der Waals surface area contributed by atoms with Crippen molar-refractivity contribution in [3.8, 4) is 0 Å². The third-order valence-electron chi connectivity index (χ3n) is 2.46. The zero-order valence-corrected chi connectivity index (χ0v) is 15.5. The molecule has 2 aromatic rings. The summed E-state index contributed by atoms with van der Waals surface area (Å²) in [6, 6.07) is 13.3. The van der Waals surface area contributed by atoms with Crippen molar-refractivity contribution in [3.63, 3.8) is 0 Å². The topological polar surface area (TPSA) is 74.6 Å². The van der Waals surface area contributed by atoms with Gasteiger partial charge in [-0.05, 0) is 24.3 Å². The maximum atomic E-state index is 11.1. The number of aromatic carboxylic acids is 2. The number of carboxylic acid groups (broad SMARTS) is 2. The molecule has 0 unspecified atom stereocenters. The standard InChI is InChI=1S/C14H10O4S2.Zn/c15-13(16)9-5-1-3-7-11(9)19-20-12-8-4-2-6-10(12)14(17)18;/h1-8H,(H,15,16)(H,17,18);. The number of rotatable bonds is 5. The molecule has 0 amide bonds. The van der Waals surface area contributed by atoms with E-state index < -0.39 is 11.9 Å². The van der Waals surface area contributed by atoms with Gasteiger partial charge in [-0.25, -0.2) is 9.59 Å². The van der Waals surface area contributed by atoms with Crippen LogP contribution in [0.15, 0.2) is 58.3 Å². The van der Waals surface area contributed by atoms with Crippen molar-refractivity contribution in [3.05, 3.63) is 59.7 Å². The molecule has 0 aliphatic heterocycles. The summed E-state index contributed by atoms with van der Waals surface area (Å²) in [7, 11) is 2.47. The number of carbonyl (C=O) groups is 2. The fraction of sp³-hybridized carbons (Fsp3) is 0. The first-order valence-electron chi connectivity index (χ1n) is 5.59. The third-order valence-corrected chi connectivity index (χ3v) is 4.94. The molecule has 4 nitrogen and oxygen atoms in total. The maximum Gasteiger partial charge on any atom is 0.336 e. The Morgan fingerprint density at radius 3 is 1.38 bits per heavy atom. The summed E-state index contributed by atoms with van der Waals surface area (Å²) in [4.78, 5) is 23.4. The summed E-state index contributed by atoms with van der Waals surface area (Å²) < 4.78 is 0. The van der Waals surface area contributed by atoms with Crippen molar-refractivity contribution < 1.29 is 39.3 Å². The van der Waals surface area contributed by atoms with E-state index in [0.717, 1.165) is 0 Å². The van der Waals surface area contributed by atoms with Gasteiger partial charge in [-0.1, -0.05) is 45.9 Å². The second-order valence-electron chi connectivity index (χ2n) is 3.77. The fourth-order valence-electron chi connectivity index (χ4n) is 1.52. The zero-order chi connectivity index (χ0) is 14.5. The van der Waals surface area contributed by atoms with E-state index in [1.54, 1.807) is 36.4 Å². The molecule has 0 fully saturated rings. The fourth-order valence-corrected chi connectivity index (χ4v) is 3.87. The molecule has 0 bridgehead atoms. The zero-order valence-electron chi connectivity index (χ0n) is 10.9. The van der Waals surface area contributed by atoms with E-state index in [-0.39, 0.29) is 30.6 Å². The van der Waals surface area contributed by atoms with E-state index in [0.29, 0.717) is 9.79 Å². The first kappa shape index (κ1) is 17.8. The molecule has 0 aliphatic carbocycles. The van der Waals surface area contributed by atoms with Gasteiger partial charge in [0.1, 0.15) is 0 Å². The summed E-state index contributed by atoms with van der Waals surface area (Å²) in [5, 5.41) is 18.2. The third kappa shape index (κ3) is 4.59. The average Bonchev–Trinajstić information content (AvgIpc) is 2.45. The Labute approximate surface area is 142 Å². The predicted octanol–water partition coefficient (Wildman–Crippen LogP) is 3.88. The molecule has 104 valence electrons. The van der Waals surface area contributed by atoms with Crippen molar-refractivity contribution in [1.82, 2.24) is 0 Å². The van der Waals surface area contributed by atoms with Crippen LogP contribution in [0.25, 0.3) is 0 Å². The minimum atomic E-state index is -1.000. The molecular weight excluding hydrogens is 362 g/mol. The quantitative estimate of drug-likeness (QED) is 0.613. The minimum absolute atomic E-state index is 0. The largest absolute Gasteiger partial charge is 0.478 e. The molecule has 7 heteroatoms. The van der Waals surface area contributed by atoms with Gasteiger partial charge < -0.3 is 10.2 Å². The van der Waals surface area contributed by atoms with Gasteiger partial charge in [0.2, 0.25) is 0 Å². The molecule has 2 aromatic carbocycles. The van der Waals surface area contributed by atoms with Crippen molar-refractivity contribution in [2.75, 3.05) is 0 Å². The van der Waals surface area contributed by atoms with E-state index in [1.165, 1.54) is 33.7 Å². The molecular formula is C14H10O4S2Zn. The van der Waals surface area contributed by atoms with Crippen LogP contribution in [-0.4, -0.2) is 22.2 Å². The van der Waals surface area contributed by atoms with Crippen molar-refractivity contribution in [1.29, 1.82) is 0 Å². The second kappa shape index (κ2) is 8.22. The molecule has 2 N–H and O–H groups in total. The van der Waals surface area contributed by atoms with E-state index in [1.807, 2.05) is 0 Å². The van der Waals surface area contributed by atoms with Crippen LogP contribution < -0.4 is 0 Å². The Kier molecular flexibility index (Phi) is 6.95. The van der Waals surface area contributed by atoms with E-state index in [4.69, 9.17) is 10.2 Å². The summed E-state index contributed by atoms with van der Waals surface area (Å²) in [5.41, 5.74) is 0.413. The van der Waals surface area contributed by atoms with Crippen LogP contribution in [0.3, 0.4) is 0 Å². The molecule has 0 aromatic heterocycles. The molecule has 0 aliphatic rings. The predicted molar refractivity (Wildman–Crippen MR) is 78.5 cm³/mol. The van der Waals surface area contributed by atoms with Gasteiger partial charge in [0.05, 0.1) is 11.1 Å². The number of hydrogen-bond donors (Lipinski definition) is 2. The van der Waals surface area contributed by atoms with Crippen LogP contribution in [0.4, 0.5) is 0 Å². The monoisotopic (exact) mass is 370 g/mol. The van der Waals surface area contributed by atoms with Gasteiger partial charge in [-0.3, -0.25) is 0 Å². The minimum Gasteiger partial charge on any atom is -0.478 e. The Hall–Kier alpha value is -1.30. The Balaban J connectivity index is 0.00000220.